The SMILES string of the molecule is NCCNc1ncc(-c2c[nH]c3ccccc23)cn1. The lowest BCUT2D eigenvalue weighted by atomic mass is 10.1. The molecular formula is C14H15N5. The molecule has 0 bridgehead atoms. The van der Waals surface area contributed by atoms with Crippen molar-refractivity contribution in [3.8, 4) is 11.1 Å². The minimum absolute atomic E-state index is 0.563. The van der Waals surface area contributed by atoms with Crippen LogP contribution in [0.25, 0.3) is 22.0 Å². The van der Waals surface area contributed by atoms with Crippen molar-refractivity contribution in [2.24, 2.45) is 5.73 Å². The summed E-state index contributed by atoms with van der Waals surface area (Å²) in [5.41, 5.74) is 8.65. The zero-order valence-corrected chi connectivity index (χ0v) is 10.4. The van der Waals surface area contributed by atoms with E-state index in [1.807, 2.05) is 30.7 Å². The van der Waals surface area contributed by atoms with Gasteiger partial charge in [-0.2, -0.15) is 0 Å². The predicted molar refractivity (Wildman–Crippen MR) is 76.9 cm³/mol. The van der Waals surface area contributed by atoms with Gasteiger partial charge in [0.1, 0.15) is 0 Å². The molecule has 5 heteroatoms. The number of rotatable bonds is 4. The van der Waals surface area contributed by atoms with Crippen molar-refractivity contribution >= 4 is 16.9 Å². The fourth-order valence-corrected chi connectivity index (χ4v) is 2.05. The highest BCUT2D eigenvalue weighted by atomic mass is 15.1. The summed E-state index contributed by atoms with van der Waals surface area (Å²) in [7, 11) is 0. The maximum absolute atomic E-state index is 5.42. The van der Waals surface area contributed by atoms with E-state index in [0.717, 1.165) is 16.6 Å². The molecule has 0 aliphatic rings. The fraction of sp³-hybridized carbons (Fsp3) is 0.143. The summed E-state index contributed by atoms with van der Waals surface area (Å²) in [6.45, 7) is 1.24. The molecule has 2 aromatic heterocycles. The van der Waals surface area contributed by atoms with E-state index in [9.17, 15) is 0 Å². The third-order valence-electron chi connectivity index (χ3n) is 2.98. The van der Waals surface area contributed by atoms with E-state index in [2.05, 4.69) is 32.4 Å². The van der Waals surface area contributed by atoms with Gasteiger partial charge in [0.05, 0.1) is 0 Å². The zero-order chi connectivity index (χ0) is 13.1. The number of aromatic amines is 1. The van der Waals surface area contributed by atoms with Gasteiger partial charge in [-0.05, 0) is 6.07 Å². The van der Waals surface area contributed by atoms with Crippen molar-refractivity contribution in [3.63, 3.8) is 0 Å². The highest BCUT2D eigenvalue weighted by molar-refractivity contribution is 5.95. The van der Waals surface area contributed by atoms with Crippen LogP contribution in [0.2, 0.25) is 0 Å². The first-order valence-electron chi connectivity index (χ1n) is 6.21. The third kappa shape index (κ3) is 2.28. The Kier molecular flexibility index (Phi) is 3.12. The summed E-state index contributed by atoms with van der Waals surface area (Å²) < 4.78 is 0. The van der Waals surface area contributed by atoms with Gasteiger partial charge in [0.15, 0.2) is 0 Å². The minimum Gasteiger partial charge on any atom is -0.361 e. The number of hydrogen-bond acceptors (Lipinski definition) is 4. The highest BCUT2D eigenvalue weighted by Gasteiger charge is 2.06. The average molecular weight is 253 g/mol. The Morgan fingerprint density at radius 3 is 2.74 bits per heavy atom. The van der Waals surface area contributed by atoms with Crippen molar-refractivity contribution in [2.45, 2.75) is 0 Å². The van der Waals surface area contributed by atoms with E-state index in [4.69, 9.17) is 5.73 Å². The summed E-state index contributed by atoms with van der Waals surface area (Å²) in [6, 6.07) is 8.18. The average Bonchev–Trinajstić information content (AvgIpc) is 2.90. The standard InChI is InChI=1S/C14H15N5/c15-5-6-16-14-18-7-10(8-19-14)12-9-17-13-4-2-1-3-11(12)13/h1-4,7-9,17H,5-6,15H2,(H,16,18,19). The van der Waals surface area contributed by atoms with Crippen LogP contribution in [0.4, 0.5) is 5.95 Å². The Morgan fingerprint density at radius 1 is 1.16 bits per heavy atom. The Balaban J connectivity index is 1.93. The molecule has 2 heterocycles. The molecule has 96 valence electrons. The second kappa shape index (κ2) is 5.07. The number of para-hydroxylation sites is 1. The third-order valence-corrected chi connectivity index (χ3v) is 2.98. The Morgan fingerprint density at radius 2 is 1.95 bits per heavy atom. The molecule has 3 aromatic rings. The normalized spacial score (nSPS) is 10.8. The molecule has 0 fully saturated rings. The number of nitrogens with zero attached hydrogens (tertiary/aromatic N) is 2. The molecule has 19 heavy (non-hydrogen) atoms. The number of benzene rings is 1. The van der Waals surface area contributed by atoms with Gasteiger partial charge in [0.25, 0.3) is 0 Å². The molecule has 0 aliphatic heterocycles. The molecule has 0 saturated carbocycles. The van der Waals surface area contributed by atoms with Crippen LogP contribution in [0, 0.1) is 0 Å². The Bertz CT molecular complexity index is 672. The summed E-state index contributed by atoms with van der Waals surface area (Å²) in [5.74, 6) is 0.606. The topological polar surface area (TPSA) is 79.6 Å². The van der Waals surface area contributed by atoms with Crippen LogP contribution >= 0.6 is 0 Å². The van der Waals surface area contributed by atoms with E-state index >= 15 is 0 Å². The molecule has 0 saturated heterocycles. The van der Waals surface area contributed by atoms with Crippen LogP contribution in [0.15, 0.2) is 42.9 Å². The van der Waals surface area contributed by atoms with Gasteiger partial charge in [-0.15, -0.1) is 0 Å². The molecule has 1 aromatic carbocycles. The van der Waals surface area contributed by atoms with Gasteiger partial charge in [-0.25, -0.2) is 9.97 Å². The van der Waals surface area contributed by atoms with Gasteiger partial charge >= 0.3 is 0 Å². The molecule has 0 aliphatic carbocycles. The molecule has 3 rings (SSSR count). The van der Waals surface area contributed by atoms with Gasteiger partial charge in [-0.1, -0.05) is 18.2 Å². The van der Waals surface area contributed by atoms with Gasteiger partial charge < -0.3 is 16.0 Å². The first kappa shape index (κ1) is 11.7. The number of aromatic nitrogens is 3. The van der Waals surface area contributed by atoms with Crippen molar-refractivity contribution in [3.05, 3.63) is 42.9 Å². The smallest absolute Gasteiger partial charge is 0.222 e. The van der Waals surface area contributed by atoms with E-state index in [-0.39, 0.29) is 0 Å². The van der Waals surface area contributed by atoms with Crippen LogP contribution in [-0.4, -0.2) is 28.0 Å². The number of nitrogens with one attached hydrogen (secondary N) is 2. The van der Waals surface area contributed by atoms with Crippen LogP contribution in [0.5, 0.6) is 0 Å². The molecule has 0 amide bonds. The molecule has 0 atom stereocenters. The predicted octanol–water partition coefficient (Wildman–Crippen LogP) is 2.00. The number of nitrogens with two attached hydrogens (primary N) is 1. The monoisotopic (exact) mass is 253 g/mol. The number of anilines is 1. The molecular weight excluding hydrogens is 238 g/mol. The largest absolute Gasteiger partial charge is 0.361 e. The van der Waals surface area contributed by atoms with Crippen molar-refractivity contribution in [1.82, 2.24) is 15.0 Å². The minimum atomic E-state index is 0.563. The van der Waals surface area contributed by atoms with Crippen molar-refractivity contribution in [1.29, 1.82) is 0 Å². The van der Waals surface area contributed by atoms with Crippen LogP contribution in [-0.2, 0) is 0 Å². The Labute approximate surface area is 110 Å². The van der Waals surface area contributed by atoms with E-state index in [1.54, 1.807) is 0 Å². The summed E-state index contributed by atoms with van der Waals surface area (Å²) in [4.78, 5) is 11.8. The maximum atomic E-state index is 5.42. The Hall–Kier alpha value is -2.40. The lowest BCUT2D eigenvalue weighted by Crippen LogP contribution is -2.14. The van der Waals surface area contributed by atoms with Gasteiger partial charge in [-0.3, -0.25) is 0 Å². The van der Waals surface area contributed by atoms with E-state index < -0.39 is 0 Å². The van der Waals surface area contributed by atoms with Crippen LogP contribution in [0.1, 0.15) is 0 Å². The first-order valence-corrected chi connectivity index (χ1v) is 6.21. The number of fused-ring (bicyclic) bond motifs is 1. The van der Waals surface area contributed by atoms with Crippen molar-refractivity contribution < 1.29 is 0 Å². The second-order valence-electron chi connectivity index (χ2n) is 4.26. The summed E-state index contributed by atoms with van der Waals surface area (Å²) in [5, 5.41) is 4.22. The quantitative estimate of drug-likeness (QED) is 0.664. The lowest BCUT2D eigenvalue weighted by molar-refractivity contribution is 0.990. The maximum Gasteiger partial charge on any atom is 0.222 e. The summed E-state index contributed by atoms with van der Waals surface area (Å²) >= 11 is 0. The van der Waals surface area contributed by atoms with Crippen LogP contribution in [0.3, 0.4) is 0 Å². The molecule has 0 unspecified atom stereocenters. The van der Waals surface area contributed by atoms with Gasteiger partial charge in [0.2, 0.25) is 5.95 Å². The number of hydrogen-bond donors (Lipinski definition) is 3. The van der Waals surface area contributed by atoms with Crippen molar-refractivity contribution in [2.75, 3.05) is 18.4 Å². The molecule has 0 radical (unpaired) electrons. The van der Waals surface area contributed by atoms with E-state index in [1.165, 1.54) is 5.39 Å². The fourth-order valence-electron chi connectivity index (χ4n) is 2.05. The summed E-state index contributed by atoms with van der Waals surface area (Å²) in [6.07, 6.45) is 5.62. The molecule has 0 spiro atoms. The number of H-pyrrole nitrogens is 1. The highest BCUT2D eigenvalue weighted by Crippen LogP contribution is 2.27. The molecule has 4 N–H and O–H groups in total. The van der Waals surface area contributed by atoms with E-state index in [0.29, 0.717) is 19.0 Å². The molecule has 5 nitrogen and oxygen atoms in total. The lowest BCUT2D eigenvalue weighted by Gasteiger charge is -2.03. The van der Waals surface area contributed by atoms with Gasteiger partial charge in [0, 0.05) is 53.7 Å². The van der Waals surface area contributed by atoms with Crippen LogP contribution < -0.4 is 11.1 Å². The second-order valence-corrected chi connectivity index (χ2v) is 4.26. The zero-order valence-electron chi connectivity index (χ0n) is 10.4. The first-order chi connectivity index (χ1) is 9.38.